The maximum atomic E-state index is 12.1. The highest BCUT2D eigenvalue weighted by atomic mass is 16.5. The molecule has 0 bridgehead atoms. The number of hydrogen-bond acceptors (Lipinski definition) is 5. The predicted molar refractivity (Wildman–Crippen MR) is 83.3 cm³/mol. The van der Waals surface area contributed by atoms with Gasteiger partial charge in [0.2, 0.25) is 0 Å². The number of ether oxygens (including phenoxy) is 1. The molecule has 0 atom stereocenters. The molecule has 22 heavy (non-hydrogen) atoms. The number of aliphatic carboxylic acids is 1. The number of esters is 1. The summed E-state index contributed by atoms with van der Waals surface area (Å²) in [5, 5.41) is 9.76. The first-order chi connectivity index (χ1) is 10.4. The minimum atomic E-state index is -0.977. The summed E-state index contributed by atoms with van der Waals surface area (Å²) in [4.78, 5) is 29.0. The van der Waals surface area contributed by atoms with Crippen molar-refractivity contribution in [1.29, 1.82) is 0 Å². The molecule has 0 spiro atoms. The van der Waals surface area contributed by atoms with Crippen LogP contribution >= 0.6 is 0 Å². The van der Waals surface area contributed by atoms with Crippen LogP contribution in [0.25, 0.3) is 10.9 Å². The van der Waals surface area contributed by atoms with E-state index in [-0.39, 0.29) is 18.7 Å². The topological polar surface area (TPSA) is 79.7 Å². The molecule has 1 heterocycles. The molecule has 116 valence electrons. The fraction of sp³-hybridized carbons (Fsp3) is 0.312. The molecular formula is C16H18N2O4. The quantitative estimate of drug-likeness (QED) is 0.853. The second-order valence-electron chi connectivity index (χ2n) is 5.01. The molecule has 1 N–H and O–H groups in total. The zero-order valence-corrected chi connectivity index (χ0v) is 12.8. The van der Waals surface area contributed by atoms with Crippen molar-refractivity contribution in [2.24, 2.45) is 0 Å². The van der Waals surface area contributed by atoms with Crippen molar-refractivity contribution in [1.82, 2.24) is 4.98 Å². The number of pyridine rings is 1. The highest BCUT2D eigenvalue weighted by Gasteiger charge is 2.20. The van der Waals surface area contributed by atoms with E-state index >= 15 is 0 Å². The van der Waals surface area contributed by atoms with E-state index in [1.165, 1.54) is 11.1 Å². The van der Waals surface area contributed by atoms with Crippen molar-refractivity contribution >= 4 is 28.5 Å². The Morgan fingerprint density at radius 1 is 1.36 bits per heavy atom. The zero-order chi connectivity index (χ0) is 16.3. The second-order valence-corrected chi connectivity index (χ2v) is 5.01. The number of carbonyl (C=O) groups is 2. The smallest absolute Gasteiger partial charge is 0.341 e. The van der Waals surface area contributed by atoms with Gasteiger partial charge in [0.15, 0.2) is 0 Å². The minimum absolute atomic E-state index is 0.223. The number of aryl methyl sites for hydroxylation is 1. The lowest BCUT2D eigenvalue weighted by molar-refractivity contribution is -0.135. The molecule has 0 aliphatic carbocycles. The normalized spacial score (nSPS) is 10.5. The summed E-state index contributed by atoms with van der Waals surface area (Å²) in [5.41, 5.74) is 2.49. The van der Waals surface area contributed by atoms with Gasteiger partial charge in [-0.25, -0.2) is 4.79 Å². The average molecular weight is 302 g/mol. The second kappa shape index (κ2) is 6.43. The van der Waals surface area contributed by atoms with Gasteiger partial charge in [0.05, 0.1) is 17.8 Å². The molecule has 6 heteroatoms. The van der Waals surface area contributed by atoms with E-state index in [9.17, 15) is 9.59 Å². The molecule has 1 aromatic heterocycles. The Balaban J connectivity index is 2.68. The minimum Gasteiger partial charge on any atom is -0.480 e. The molecule has 1 aromatic carbocycles. The maximum Gasteiger partial charge on any atom is 0.341 e. The van der Waals surface area contributed by atoms with Gasteiger partial charge < -0.3 is 14.7 Å². The molecule has 0 radical (unpaired) electrons. The molecule has 0 fully saturated rings. The van der Waals surface area contributed by atoms with E-state index in [1.54, 1.807) is 14.0 Å². The number of nitrogens with zero attached hydrogens (tertiary/aromatic N) is 2. The number of carbonyl (C=O) groups excluding carboxylic acids is 1. The summed E-state index contributed by atoms with van der Waals surface area (Å²) in [6, 6.07) is 5.65. The highest BCUT2D eigenvalue weighted by Crippen LogP contribution is 2.30. The van der Waals surface area contributed by atoms with Crippen LogP contribution in [0.1, 0.15) is 22.8 Å². The Hall–Kier alpha value is -2.63. The summed E-state index contributed by atoms with van der Waals surface area (Å²) in [5.74, 6) is -1.49. The van der Waals surface area contributed by atoms with Crippen LogP contribution in [0.2, 0.25) is 0 Å². The van der Waals surface area contributed by atoms with Crippen LogP contribution in [-0.2, 0) is 9.53 Å². The summed E-state index contributed by atoms with van der Waals surface area (Å²) in [6.45, 7) is 3.67. The molecule has 0 amide bonds. The summed E-state index contributed by atoms with van der Waals surface area (Å²) >= 11 is 0. The number of anilines is 1. The van der Waals surface area contributed by atoms with Crippen molar-refractivity contribution in [2.75, 3.05) is 25.1 Å². The zero-order valence-electron chi connectivity index (χ0n) is 12.8. The first kappa shape index (κ1) is 15.8. The lowest BCUT2D eigenvalue weighted by atomic mass is 10.1. The molecule has 2 aromatic rings. The van der Waals surface area contributed by atoms with E-state index in [4.69, 9.17) is 9.84 Å². The largest absolute Gasteiger partial charge is 0.480 e. The summed E-state index contributed by atoms with van der Waals surface area (Å²) < 4.78 is 5.05. The van der Waals surface area contributed by atoms with Gasteiger partial charge in [-0.3, -0.25) is 9.78 Å². The van der Waals surface area contributed by atoms with Gasteiger partial charge in [-0.1, -0.05) is 11.6 Å². The van der Waals surface area contributed by atoms with E-state index < -0.39 is 11.9 Å². The molecule has 0 aliphatic rings. The molecule has 6 nitrogen and oxygen atoms in total. The van der Waals surface area contributed by atoms with Gasteiger partial charge >= 0.3 is 11.9 Å². The first-order valence-corrected chi connectivity index (χ1v) is 6.93. The molecule has 0 aliphatic heterocycles. The van der Waals surface area contributed by atoms with E-state index in [1.807, 2.05) is 25.1 Å². The number of carboxylic acid groups (broad SMARTS) is 1. The SMILES string of the molecule is CCOC(=O)c1cnc2ccc(C)cc2c1N(C)CC(=O)O. The number of fused-ring (bicyclic) bond motifs is 1. The molecule has 0 saturated heterocycles. The van der Waals surface area contributed by atoms with Crippen molar-refractivity contribution in [2.45, 2.75) is 13.8 Å². The van der Waals surface area contributed by atoms with Crippen LogP contribution < -0.4 is 4.90 Å². The summed E-state index contributed by atoms with van der Waals surface area (Å²) in [7, 11) is 1.63. The van der Waals surface area contributed by atoms with Gasteiger partial charge in [0.25, 0.3) is 0 Å². The van der Waals surface area contributed by atoms with Crippen molar-refractivity contribution in [3.63, 3.8) is 0 Å². The van der Waals surface area contributed by atoms with Gasteiger partial charge in [-0.05, 0) is 26.0 Å². The highest BCUT2D eigenvalue weighted by molar-refractivity contribution is 6.05. The number of likely N-dealkylation sites (N-methyl/N-ethyl adjacent to an activating group) is 1. The Morgan fingerprint density at radius 3 is 2.73 bits per heavy atom. The number of rotatable bonds is 5. The molecular weight excluding hydrogens is 284 g/mol. The first-order valence-electron chi connectivity index (χ1n) is 6.93. The molecule has 0 saturated carbocycles. The van der Waals surface area contributed by atoms with E-state index in [2.05, 4.69) is 4.98 Å². The number of aromatic nitrogens is 1. The van der Waals surface area contributed by atoms with Crippen LogP contribution in [0.3, 0.4) is 0 Å². The Labute approximate surface area is 128 Å². The third-order valence-electron chi connectivity index (χ3n) is 3.24. The number of benzene rings is 1. The lowest BCUT2D eigenvalue weighted by Crippen LogP contribution is -2.27. The molecule has 0 unspecified atom stereocenters. The van der Waals surface area contributed by atoms with Crippen LogP contribution in [0, 0.1) is 6.92 Å². The van der Waals surface area contributed by atoms with Crippen molar-refractivity contribution in [3.8, 4) is 0 Å². The fourth-order valence-electron chi connectivity index (χ4n) is 2.34. The lowest BCUT2D eigenvalue weighted by Gasteiger charge is -2.22. The molecule has 2 rings (SSSR count). The Kier molecular flexibility index (Phi) is 4.60. The van der Waals surface area contributed by atoms with Gasteiger partial charge in [-0.2, -0.15) is 0 Å². The van der Waals surface area contributed by atoms with E-state index in [0.29, 0.717) is 11.2 Å². The van der Waals surface area contributed by atoms with Gasteiger partial charge in [-0.15, -0.1) is 0 Å². The average Bonchev–Trinajstić information content (AvgIpc) is 2.45. The van der Waals surface area contributed by atoms with Crippen LogP contribution in [-0.4, -0.2) is 42.2 Å². The van der Waals surface area contributed by atoms with Gasteiger partial charge in [0.1, 0.15) is 12.1 Å². The third kappa shape index (κ3) is 3.16. The maximum absolute atomic E-state index is 12.1. The summed E-state index contributed by atoms with van der Waals surface area (Å²) in [6.07, 6.45) is 1.43. The van der Waals surface area contributed by atoms with Crippen molar-refractivity contribution in [3.05, 3.63) is 35.5 Å². The third-order valence-corrected chi connectivity index (χ3v) is 3.24. The van der Waals surface area contributed by atoms with Crippen LogP contribution in [0.15, 0.2) is 24.4 Å². The van der Waals surface area contributed by atoms with E-state index in [0.717, 1.165) is 10.9 Å². The van der Waals surface area contributed by atoms with Gasteiger partial charge in [0, 0.05) is 18.6 Å². The monoisotopic (exact) mass is 302 g/mol. The Bertz CT molecular complexity index is 727. The van der Waals surface area contributed by atoms with Crippen LogP contribution in [0.5, 0.6) is 0 Å². The fourth-order valence-corrected chi connectivity index (χ4v) is 2.34. The number of carboxylic acids is 1. The predicted octanol–water partition coefficient (Wildman–Crippen LogP) is 2.24. The van der Waals surface area contributed by atoms with Crippen molar-refractivity contribution < 1.29 is 19.4 Å². The standard InChI is InChI=1S/C16H18N2O4/c1-4-22-16(21)12-8-17-13-6-5-10(2)7-11(13)15(12)18(3)9-14(19)20/h5-8H,4,9H2,1-3H3,(H,19,20). The Morgan fingerprint density at radius 2 is 2.09 bits per heavy atom. The van der Waals surface area contributed by atoms with Crippen LogP contribution in [0.4, 0.5) is 5.69 Å². The number of hydrogen-bond donors (Lipinski definition) is 1.